The van der Waals surface area contributed by atoms with Gasteiger partial charge in [-0.25, -0.2) is 8.42 Å². The maximum absolute atomic E-state index is 12.7. The second-order valence-corrected chi connectivity index (χ2v) is 9.03. The molecule has 2 aromatic rings. The number of hydrogen-bond donors (Lipinski definition) is 1. The summed E-state index contributed by atoms with van der Waals surface area (Å²) < 4.78 is 33.2. The van der Waals surface area contributed by atoms with Crippen molar-refractivity contribution in [1.29, 1.82) is 0 Å². The van der Waals surface area contributed by atoms with Gasteiger partial charge in [-0.2, -0.15) is 4.31 Å². The van der Waals surface area contributed by atoms with Gasteiger partial charge in [0.25, 0.3) is 5.91 Å². The smallest absolute Gasteiger partial charge is 0.251 e. The molecule has 152 valence electrons. The van der Waals surface area contributed by atoms with Crippen LogP contribution in [0.15, 0.2) is 51.8 Å². The number of ether oxygens (including phenoxy) is 1. The molecule has 1 N–H and O–H groups in total. The van der Waals surface area contributed by atoms with E-state index < -0.39 is 15.9 Å². The van der Waals surface area contributed by atoms with Crippen molar-refractivity contribution in [3.8, 4) is 5.75 Å². The maximum atomic E-state index is 12.7. The van der Waals surface area contributed by atoms with Crippen molar-refractivity contribution in [3.05, 3.63) is 57.5 Å². The van der Waals surface area contributed by atoms with Crippen LogP contribution >= 0.6 is 27.5 Å². The Kier molecular flexibility index (Phi) is 8.30. The van der Waals surface area contributed by atoms with Gasteiger partial charge in [-0.3, -0.25) is 4.79 Å². The first-order valence-electron chi connectivity index (χ1n) is 8.75. The molecule has 9 heteroatoms. The Hall–Kier alpha value is -1.61. The van der Waals surface area contributed by atoms with Crippen molar-refractivity contribution < 1.29 is 17.9 Å². The third-order valence-electron chi connectivity index (χ3n) is 3.97. The van der Waals surface area contributed by atoms with E-state index in [1.165, 1.54) is 22.5 Å². The molecule has 0 atom stereocenters. The van der Waals surface area contributed by atoms with Crippen molar-refractivity contribution in [3.63, 3.8) is 0 Å². The average molecular weight is 490 g/mol. The molecule has 0 aromatic heterocycles. The van der Waals surface area contributed by atoms with E-state index in [0.717, 1.165) is 4.47 Å². The predicted molar refractivity (Wildman–Crippen MR) is 114 cm³/mol. The average Bonchev–Trinajstić information content (AvgIpc) is 2.66. The molecule has 0 spiro atoms. The molecule has 0 aliphatic heterocycles. The van der Waals surface area contributed by atoms with Crippen LogP contribution in [0.1, 0.15) is 24.2 Å². The van der Waals surface area contributed by atoms with E-state index in [4.69, 9.17) is 16.3 Å². The van der Waals surface area contributed by atoms with E-state index in [1.807, 2.05) is 24.3 Å². The van der Waals surface area contributed by atoms with E-state index in [0.29, 0.717) is 18.8 Å². The highest BCUT2D eigenvalue weighted by Crippen LogP contribution is 2.26. The maximum Gasteiger partial charge on any atom is 0.251 e. The number of rotatable bonds is 9. The predicted octanol–water partition coefficient (Wildman–Crippen LogP) is 3.94. The summed E-state index contributed by atoms with van der Waals surface area (Å²) in [6.07, 6.45) is 0. The van der Waals surface area contributed by atoms with Gasteiger partial charge in [0, 0.05) is 23.1 Å². The second-order valence-electron chi connectivity index (χ2n) is 5.80. The lowest BCUT2D eigenvalue weighted by Crippen LogP contribution is -2.31. The van der Waals surface area contributed by atoms with E-state index in [1.54, 1.807) is 13.8 Å². The van der Waals surface area contributed by atoms with Gasteiger partial charge in [0.05, 0.1) is 11.6 Å². The molecule has 28 heavy (non-hydrogen) atoms. The number of carbonyl (C=O) groups is 1. The monoisotopic (exact) mass is 488 g/mol. The van der Waals surface area contributed by atoms with Crippen LogP contribution in [0.5, 0.6) is 5.75 Å². The third-order valence-corrected chi connectivity index (χ3v) is 6.99. The number of halogens is 2. The molecule has 0 unspecified atom stereocenters. The van der Waals surface area contributed by atoms with Crippen molar-refractivity contribution in [1.82, 2.24) is 9.62 Å². The minimum absolute atomic E-state index is 0.0732. The largest absolute Gasteiger partial charge is 0.492 e. The Bertz CT molecular complexity index is 933. The lowest BCUT2D eigenvalue weighted by molar-refractivity contribution is 0.0947. The van der Waals surface area contributed by atoms with Crippen LogP contribution in [0.4, 0.5) is 0 Å². The molecule has 0 saturated carbocycles. The summed E-state index contributed by atoms with van der Waals surface area (Å²) in [7, 11) is -3.76. The van der Waals surface area contributed by atoms with Gasteiger partial charge in [-0.1, -0.05) is 47.4 Å². The normalized spacial score (nSPS) is 11.5. The molecule has 6 nitrogen and oxygen atoms in total. The lowest BCUT2D eigenvalue weighted by Gasteiger charge is -2.19. The number of sulfonamides is 1. The molecule has 2 rings (SSSR count). The number of carbonyl (C=O) groups excluding carboxylic acids is 1. The van der Waals surface area contributed by atoms with Crippen molar-refractivity contribution in [2.75, 3.05) is 26.2 Å². The molecular formula is C19H22BrClN2O4S. The zero-order valence-corrected chi connectivity index (χ0v) is 18.8. The van der Waals surface area contributed by atoms with Gasteiger partial charge >= 0.3 is 0 Å². The lowest BCUT2D eigenvalue weighted by atomic mass is 10.2. The van der Waals surface area contributed by atoms with E-state index >= 15 is 0 Å². The fourth-order valence-electron chi connectivity index (χ4n) is 2.54. The molecule has 1 amide bonds. The van der Waals surface area contributed by atoms with Crippen LogP contribution < -0.4 is 10.1 Å². The molecule has 0 radical (unpaired) electrons. The Labute approximate surface area is 179 Å². The highest BCUT2D eigenvalue weighted by Gasteiger charge is 2.25. The van der Waals surface area contributed by atoms with Gasteiger partial charge in [-0.05, 0) is 36.4 Å². The second kappa shape index (κ2) is 10.2. The number of benzene rings is 2. The van der Waals surface area contributed by atoms with Gasteiger partial charge < -0.3 is 10.1 Å². The van der Waals surface area contributed by atoms with Crippen LogP contribution in [0, 0.1) is 0 Å². The fourth-order valence-corrected chi connectivity index (χ4v) is 4.87. The highest BCUT2D eigenvalue weighted by molar-refractivity contribution is 9.10. The van der Waals surface area contributed by atoms with Crippen LogP contribution in [-0.2, 0) is 10.0 Å². The minimum Gasteiger partial charge on any atom is -0.492 e. The van der Waals surface area contributed by atoms with E-state index in [-0.39, 0.29) is 28.6 Å². The first kappa shape index (κ1) is 22.7. The Morgan fingerprint density at radius 3 is 2.54 bits per heavy atom. The van der Waals surface area contributed by atoms with Crippen molar-refractivity contribution >= 4 is 43.5 Å². The Balaban J connectivity index is 2.04. The highest BCUT2D eigenvalue weighted by atomic mass is 79.9. The zero-order valence-electron chi connectivity index (χ0n) is 15.6. The zero-order chi connectivity index (χ0) is 20.7. The summed E-state index contributed by atoms with van der Waals surface area (Å²) >= 11 is 9.45. The summed E-state index contributed by atoms with van der Waals surface area (Å²) in [5.74, 6) is 0.285. The Morgan fingerprint density at radius 1 is 1.18 bits per heavy atom. The number of hydrogen-bond acceptors (Lipinski definition) is 4. The van der Waals surface area contributed by atoms with Gasteiger partial charge in [0.1, 0.15) is 17.3 Å². The summed E-state index contributed by atoms with van der Waals surface area (Å²) in [6.45, 7) is 4.68. The quantitative estimate of drug-likeness (QED) is 0.541. The molecule has 0 bridgehead atoms. The SMILES string of the molecule is CCN(CC)S(=O)(=O)c1cc(C(=O)NCCOc2cccc(Br)c2)ccc1Cl. The molecule has 0 fully saturated rings. The molecular weight excluding hydrogens is 468 g/mol. The van der Waals surface area contributed by atoms with Crippen molar-refractivity contribution in [2.45, 2.75) is 18.7 Å². The van der Waals surface area contributed by atoms with Gasteiger partial charge in [-0.15, -0.1) is 0 Å². The third kappa shape index (κ3) is 5.70. The van der Waals surface area contributed by atoms with Gasteiger partial charge in [0.15, 0.2) is 0 Å². The molecule has 0 aliphatic rings. The topological polar surface area (TPSA) is 75.7 Å². The molecule has 0 heterocycles. The van der Waals surface area contributed by atoms with Crippen LogP contribution in [0.3, 0.4) is 0 Å². The van der Waals surface area contributed by atoms with Crippen LogP contribution in [-0.4, -0.2) is 44.9 Å². The van der Waals surface area contributed by atoms with Gasteiger partial charge in [0.2, 0.25) is 10.0 Å². The first-order valence-corrected chi connectivity index (χ1v) is 11.4. The van der Waals surface area contributed by atoms with E-state index in [9.17, 15) is 13.2 Å². The first-order chi connectivity index (χ1) is 13.3. The van der Waals surface area contributed by atoms with Crippen LogP contribution in [0.25, 0.3) is 0 Å². The van der Waals surface area contributed by atoms with E-state index in [2.05, 4.69) is 21.2 Å². The molecule has 0 aliphatic carbocycles. The summed E-state index contributed by atoms with van der Waals surface area (Å²) in [6, 6.07) is 11.6. The fraction of sp³-hybridized carbons (Fsp3) is 0.316. The molecule has 2 aromatic carbocycles. The minimum atomic E-state index is -3.76. The van der Waals surface area contributed by atoms with Crippen molar-refractivity contribution in [2.24, 2.45) is 0 Å². The summed E-state index contributed by atoms with van der Waals surface area (Å²) in [5, 5.41) is 2.80. The van der Waals surface area contributed by atoms with Crippen LogP contribution in [0.2, 0.25) is 5.02 Å². The Morgan fingerprint density at radius 2 is 1.89 bits per heavy atom. The number of nitrogens with one attached hydrogen (secondary N) is 1. The summed E-state index contributed by atoms with van der Waals surface area (Å²) in [5.41, 5.74) is 0.220. The molecule has 0 saturated heterocycles. The summed E-state index contributed by atoms with van der Waals surface area (Å²) in [4.78, 5) is 12.3. The number of amides is 1. The number of nitrogens with zero attached hydrogens (tertiary/aromatic N) is 1. The standard InChI is InChI=1S/C19H22BrClN2O4S/c1-3-23(4-2)28(25,26)18-12-14(8-9-17(18)21)19(24)22-10-11-27-16-7-5-6-15(20)13-16/h5-9,12-13H,3-4,10-11H2,1-2H3,(H,22,24).